The molecule has 0 amide bonds. The monoisotopic (exact) mass is 122 g/mol. The molecular formula is C4H8O2S. The Labute approximate surface area is 49.7 Å². The van der Waals surface area contributed by atoms with Gasteiger partial charge >= 0.3 is 5.97 Å². The van der Waals surface area contributed by atoms with Crippen molar-refractivity contribution in [2.24, 2.45) is 0 Å². The van der Waals surface area contributed by atoms with Gasteiger partial charge in [-0.15, -0.1) is 0 Å². The zero-order valence-corrected chi connectivity index (χ0v) is 4.79. The van der Waals surface area contributed by atoms with Crippen LogP contribution in [0.3, 0.4) is 0 Å². The SMILES string of the molecule is [2H]C([2H])(CSC)C(=O)O. The molecule has 0 aliphatic heterocycles. The van der Waals surface area contributed by atoms with E-state index in [0.717, 1.165) is 0 Å². The van der Waals surface area contributed by atoms with Crippen LogP contribution in [-0.4, -0.2) is 23.1 Å². The number of rotatable bonds is 3. The molecule has 0 aromatic heterocycles. The fraction of sp³-hybridized carbons (Fsp3) is 0.750. The Morgan fingerprint density at radius 1 is 2.14 bits per heavy atom. The highest BCUT2D eigenvalue weighted by molar-refractivity contribution is 7.98. The molecule has 0 aromatic carbocycles. The maximum atomic E-state index is 10.0. The smallest absolute Gasteiger partial charge is 0.304 e. The van der Waals surface area contributed by atoms with E-state index in [9.17, 15) is 4.79 Å². The van der Waals surface area contributed by atoms with E-state index in [1.165, 1.54) is 11.8 Å². The van der Waals surface area contributed by atoms with E-state index < -0.39 is 12.3 Å². The lowest BCUT2D eigenvalue weighted by atomic mass is 10.5. The lowest BCUT2D eigenvalue weighted by Crippen LogP contribution is -1.94. The van der Waals surface area contributed by atoms with E-state index in [1.54, 1.807) is 6.26 Å². The lowest BCUT2D eigenvalue weighted by molar-refractivity contribution is -0.136. The standard InChI is InChI=1S/C4H8O2S/c1-7-3-2-4(5)6/h2-3H2,1H3,(H,5,6)/i2D2. The second-order valence-electron chi connectivity index (χ2n) is 0.915. The topological polar surface area (TPSA) is 37.3 Å². The summed E-state index contributed by atoms with van der Waals surface area (Å²) >= 11 is 1.18. The Morgan fingerprint density at radius 3 is 2.86 bits per heavy atom. The number of hydrogen-bond acceptors (Lipinski definition) is 2. The Bertz CT molecular complexity index is 115. The average Bonchev–Trinajstić information content (AvgIpc) is 1.65. The first kappa shape index (κ1) is 3.78. The summed E-state index contributed by atoms with van der Waals surface area (Å²) in [4.78, 5) is 10.0. The van der Waals surface area contributed by atoms with Gasteiger partial charge in [-0.05, 0) is 6.26 Å². The summed E-state index contributed by atoms with van der Waals surface area (Å²) in [6.45, 7) is 0. The van der Waals surface area contributed by atoms with E-state index in [0.29, 0.717) is 0 Å². The lowest BCUT2D eigenvalue weighted by Gasteiger charge is -1.85. The van der Waals surface area contributed by atoms with Crippen LogP contribution in [-0.2, 0) is 4.79 Å². The highest BCUT2D eigenvalue weighted by atomic mass is 32.2. The molecule has 1 N–H and O–H groups in total. The summed E-state index contributed by atoms with van der Waals surface area (Å²) < 4.78 is 13.7. The number of carboxylic acid groups (broad SMARTS) is 1. The van der Waals surface area contributed by atoms with Gasteiger partial charge in [0.05, 0.1) is 6.37 Å². The van der Waals surface area contributed by atoms with Crippen molar-refractivity contribution in [2.45, 2.75) is 6.37 Å². The largest absolute Gasteiger partial charge is 0.481 e. The fourth-order valence-electron chi connectivity index (χ4n) is 0.134. The molecule has 7 heavy (non-hydrogen) atoms. The molecule has 0 fully saturated rings. The zero-order valence-electron chi connectivity index (χ0n) is 5.97. The quantitative estimate of drug-likeness (QED) is 0.602. The van der Waals surface area contributed by atoms with Gasteiger partial charge in [0, 0.05) is 8.49 Å². The van der Waals surface area contributed by atoms with Crippen molar-refractivity contribution < 1.29 is 12.6 Å². The first-order valence-corrected chi connectivity index (χ1v) is 3.12. The van der Waals surface area contributed by atoms with Crippen LogP contribution in [0.4, 0.5) is 0 Å². The van der Waals surface area contributed by atoms with Crippen molar-refractivity contribution in [1.82, 2.24) is 0 Å². The second-order valence-corrected chi connectivity index (χ2v) is 1.78. The molecule has 2 nitrogen and oxygen atoms in total. The summed E-state index contributed by atoms with van der Waals surface area (Å²) in [6.07, 6.45) is -0.403. The van der Waals surface area contributed by atoms with Crippen molar-refractivity contribution in [3.63, 3.8) is 0 Å². The highest BCUT2D eigenvalue weighted by Crippen LogP contribution is 1.93. The molecule has 0 spiro atoms. The van der Waals surface area contributed by atoms with E-state index in [4.69, 9.17) is 7.85 Å². The molecule has 0 aliphatic rings. The van der Waals surface area contributed by atoms with Crippen LogP contribution in [0.2, 0.25) is 0 Å². The number of carbonyl (C=O) groups is 1. The van der Waals surface area contributed by atoms with Gasteiger partial charge in [-0.3, -0.25) is 4.79 Å². The molecule has 0 bridgehead atoms. The van der Waals surface area contributed by atoms with E-state index in [2.05, 4.69) is 0 Å². The summed E-state index contributed by atoms with van der Waals surface area (Å²) in [6, 6.07) is 0. The Kier molecular flexibility index (Phi) is 2.15. The van der Waals surface area contributed by atoms with E-state index in [1.807, 2.05) is 0 Å². The van der Waals surface area contributed by atoms with Crippen LogP contribution < -0.4 is 0 Å². The molecule has 42 valence electrons. The van der Waals surface area contributed by atoms with Crippen molar-refractivity contribution in [2.75, 3.05) is 12.0 Å². The Morgan fingerprint density at radius 2 is 2.71 bits per heavy atom. The van der Waals surface area contributed by atoms with Crippen LogP contribution in [0.5, 0.6) is 0 Å². The van der Waals surface area contributed by atoms with Crippen LogP contribution >= 0.6 is 11.8 Å². The highest BCUT2D eigenvalue weighted by Gasteiger charge is 1.91. The Balaban J connectivity index is 3.85. The minimum atomic E-state index is -2.07. The van der Waals surface area contributed by atoms with Crippen LogP contribution in [0.1, 0.15) is 9.11 Å². The first-order valence-electron chi connectivity index (χ1n) is 2.73. The molecule has 0 saturated carbocycles. The predicted octanol–water partition coefficient (Wildman–Crippen LogP) is 0.824. The second kappa shape index (κ2) is 3.99. The van der Waals surface area contributed by atoms with Crippen molar-refractivity contribution in [3.8, 4) is 0 Å². The Hall–Kier alpha value is -0.180. The molecule has 0 saturated heterocycles. The third kappa shape index (κ3) is 5.82. The molecule has 0 unspecified atom stereocenters. The number of carboxylic acids is 1. The molecule has 0 heterocycles. The van der Waals surface area contributed by atoms with Gasteiger partial charge < -0.3 is 5.11 Å². The molecule has 0 atom stereocenters. The molecular weight excluding hydrogens is 112 g/mol. The molecule has 0 rings (SSSR count). The van der Waals surface area contributed by atoms with Gasteiger partial charge in [0.25, 0.3) is 0 Å². The normalized spacial score (nSPS) is 15.0. The third-order valence-electron chi connectivity index (χ3n) is 0.368. The van der Waals surface area contributed by atoms with Crippen molar-refractivity contribution in [1.29, 1.82) is 0 Å². The van der Waals surface area contributed by atoms with Crippen LogP contribution in [0.15, 0.2) is 0 Å². The summed E-state index contributed by atoms with van der Waals surface area (Å²) in [7, 11) is 0. The van der Waals surface area contributed by atoms with E-state index in [-0.39, 0.29) is 5.75 Å². The number of thioether (sulfide) groups is 1. The zero-order chi connectivity index (χ0) is 7.49. The predicted molar refractivity (Wildman–Crippen MR) is 30.6 cm³/mol. The summed E-state index contributed by atoms with van der Waals surface area (Å²) in [5.41, 5.74) is 0. The minimum Gasteiger partial charge on any atom is -0.481 e. The van der Waals surface area contributed by atoms with Gasteiger partial charge in [-0.25, -0.2) is 0 Å². The van der Waals surface area contributed by atoms with Gasteiger partial charge in [0.15, 0.2) is 0 Å². The first-order chi connectivity index (χ1) is 4.00. The maximum absolute atomic E-state index is 10.0. The molecule has 0 radical (unpaired) electrons. The van der Waals surface area contributed by atoms with Gasteiger partial charge in [-0.1, -0.05) is 0 Å². The van der Waals surface area contributed by atoms with Gasteiger partial charge in [0.2, 0.25) is 0 Å². The third-order valence-corrected chi connectivity index (χ3v) is 0.801. The minimum absolute atomic E-state index is 0.00231. The number of aliphatic carboxylic acids is 1. The average molecular weight is 122 g/mol. The molecule has 3 heteroatoms. The van der Waals surface area contributed by atoms with E-state index >= 15 is 0 Å². The molecule has 0 aliphatic carbocycles. The fourth-order valence-corrected chi connectivity index (χ4v) is 0.402. The van der Waals surface area contributed by atoms with Crippen LogP contribution in [0.25, 0.3) is 0 Å². The van der Waals surface area contributed by atoms with Crippen molar-refractivity contribution >= 4 is 17.7 Å². The van der Waals surface area contributed by atoms with Crippen molar-refractivity contribution in [3.05, 3.63) is 0 Å². The summed E-state index contributed by atoms with van der Waals surface area (Å²) in [5.74, 6) is -1.39. The number of hydrogen-bond donors (Lipinski definition) is 1. The molecule has 0 aromatic rings. The van der Waals surface area contributed by atoms with Gasteiger partial charge in [-0.2, -0.15) is 11.8 Å². The summed E-state index contributed by atoms with van der Waals surface area (Å²) in [5, 5.41) is 8.18. The van der Waals surface area contributed by atoms with Crippen LogP contribution in [0, 0.1) is 0 Å². The maximum Gasteiger partial charge on any atom is 0.304 e. The van der Waals surface area contributed by atoms with Gasteiger partial charge in [0.1, 0.15) is 0 Å².